The first-order chi connectivity index (χ1) is 15.2. The molecule has 0 aliphatic carbocycles. The summed E-state index contributed by atoms with van der Waals surface area (Å²) in [5, 5.41) is 9.59. The molecule has 0 spiro atoms. The molecule has 0 amide bonds. The van der Waals surface area contributed by atoms with E-state index >= 15 is 0 Å². The normalized spacial score (nSPS) is 10.8. The van der Waals surface area contributed by atoms with Gasteiger partial charge >= 0.3 is 5.97 Å². The molecule has 1 N–H and O–H groups in total. The maximum absolute atomic E-state index is 12.1. The predicted molar refractivity (Wildman–Crippen MR) is 121 cm³/mol. The number of hydrogen-bond acceptors (Lipinski definition) is 7. The molecule has 7 heteroatoms. The molecule has 0 fully saturated rings. The molecule has 0 bridgehead atoms. The fourth-order valence-corrected chi connectivity index (χ4v) is 2.52. The van der Waals surface area contributed by atoms with Gasteiger partial charge in [-0.15, -0.1) is 0 Å². The first kappa shape index (κ1) is 24.1. The molecule has 0 saturated carbocycles. The maximum Gasteiger partial charge on any atom is 0.338 e. The molecule has 0 atom stereocenters. The first-order valence-corrected chi connectivity index (χ1v) is 9.58. The Bertz CT molecular complexity index is 1090. The van der Waals surface area contributed by atoms with Gasteiger partial charge in [-0.2, -0.15) is 0 Å². The minimum absolute atomic E-state index is 0.00469. The zero-order valence-corrected chi connectivity index (χ0v) is 18.1. The van der Waals surface area contributed by atoms with E-state index in [1.54, 1.807) is 30.3 Å². The highest BCUT2D eigenvalue weighted by Gasteiger charge is 2.11. The molecule has 7 nitrogen and oxygen atoms in total. The lowest BCUT2D eigenvalue weighted by Gasteiger charge is -2.09. The number of carbonyl (C=O) groups is 3. The summed E-state index contributed by atoms with van der Waals surface area (Å²) in [6.07, 6.45) is 5.37. The summed E-state index contributed by atoms with van der Waals surface area (Å²) < 4.78 is 15.4. The number of rotatable bonds is 10. The number of phenols is 1. The zero-order chi connectivity index (χ0) is 23.7. The predicted octanol–water partition coefficient (Wildman–Crippen LogP) is 4.15. The van der Waals surface area contributed by atoms with Crippen LogP contribution in [0, 0.1) is 0 Å². The van der Waals surface area contributed by atoms with Crippen LogP contribution < -0.4 is 14.2 Å². The van der Waals surface area contributed by atoms with Crippen LogP contribution in [-0.2, 0) is 14.4 Å². The molecule has 0 saturated heterocycles. The Morgan fingerprint density at radius 1 is 0.875 bits per heavy atom. The fraction of sp³-hybridized carbons (Fsp3) is 0.160. The molecule has 0 aromatic heterocycles. The number of carbonyl (C=O) groups excluding carboxylic acids is 3. The van der Waals surface area contributed by atoms with Crippen molar-refractivity contribution < 1.29 is 33.7 Å². The lowest BCUT2D eigenvalue weighted by Crippen LogP contribution is -2.09. The van der Waals surface area contributed by atoms with Crippen LogP contribution >= 0.6 is 0 Å². The van der Waals surface area contributed by atoms with Gasteiger partial charge in [0.25, 0.3) is 0 Å². The number of ether oxygens (including phenoxy) is 3. The fourth-order valence-electron chi connectivity index (χ4n) is 2.52. The molecular weight excluding hydrogens is 412 g/mol. The Labute approximate surface area is 186 Å². The van der Waals surface area contributed by atoms with Crippen molar-refractivity contribution in [2.24, 2.45) is 0 Å². The average molecular weight is 436 g/mol. The Kier molecular flexibility index (Phi) is 8.53. The molecule has 32 heavy (non-hydrogen) atoms. The van der Waals surface area contributed by atoms with Crippen molar-refractivity contribution in [2.45, 2.75) is 13.3 Å². The summed E-state index contributed by atoms with van der Waals surface area (Å²) in [5.41, 5.74) is 1.53. The average Bonchev–Trinajstić information content (AvgIpc) is 2.77. The van der Waals surface area contributed by atoms with Crippen LogP contribution in [0.3, 0.4) is 0 Å². The standard InChI is InChI=1S/C25H24O7/c1-16(2)25(29)32-22-12-8-18(14-24(22)31-4)6-10-20(27)15-19(26)9-5-17-7-11-21(28)23(13-17)30-3/h5-14,28H,1,15H2,2-4H3/b9-5-,10-6-. The van der Waals surface area contributed by atoms with Crippen LogP contribution in [0.4, 0.5) is 0 Å². The van der Waals surface area contributed by atoms with Crippen molar-refractivity contribution in [2.75, 3.05) is 14.2 Å². The van der Waals surface area contributed by atoms with Gasteiger partial charge in [-0.25, -0.2) is 4.79 Å². The van der Waals surface area contributed by atoms with Crippen molar-refractivity contribution in [1.82, 2.24) is 0 Å². The number of ketones is 2. The summed E-state index contributed by atoms with van der Waals surface area (Å²) in [6.45, 7) is 5.06. The Morgan fingerprint density at radius 2 is 1.41 bits per heavy atom. The van der Waals surface area contributed by atoms with Gasteiger partial charge in [-0.1, -0.05) is 30.9 Å². The minimum atomic E-state index is -0.570. The van der Waals surface area contributed by atoms with Crippen molar-refractivity contribution in [3.05, 3.63) is 71.8 Å². The van der Waals surface area contributed by atoms with E-state index in [0.29, 0.717) is 16.9 Å². The topological polar surface area (TPSA) is 99.1 Å². The van der Waals surface area contributed by atoms with Gasteiger partial charge in [0, 0.05) is 5.57 Å². The van der Waals surface area contributed by atoms with Crippen molar-refractivity contribution in [1.29, 1.82) is 0 Å². The lowest BCUT2D eigenvalue weighted by atomic mass is 10.1. The third-order valence-corrected chi connectivity index (χ3v) is 4.21. The number of hydrogen-bond donors (Lipinski definition) is 1. The monoisotopic (exact) mass is 436 g/mol. The summed E-state index contributed by atoms with van der Waals surface area (Å²) in [5.74, 6) is -0.484. The van der Waals surface area contributed by atoms with E-state index < -0.39 is 5.97 Å². The number of benzene rings is 2. The SMILES string of the molecule is C=C(C)C(=O)Oc1ccc(/C=C\C(=O)CC(=O)/C=C\c2ccc(O)c(OC)c2)cc1OC. The van der Waals surface area contributed by atoms with E-state index in [1.165, 1.54) is 51.5 Å². The van der Waals surface area contributed by atoms with Crippen LogP contribution in [0.1, 0.15) is 24.5 Å². The van der Waals surface area contributed by atoms with Crippen LogP contribution in [0.2, 0.25) is 0 Å². The third-order valence-electron chi connectivity index (χ3n) is 4.21. The molecule has 0 unspecified atom stereocenters. The van der Waals surface area contributed by atoms with Crippen LogP contribution in [0.5, 0.6) is 23.0 Å². The van der Waals surface area contributed by atoms with Gasteiger partial charge in [-0.05, 0) is 54.5 Å². The number of methoxy groups -OCH3 is 2. The summed E-state index contributed by atoms with van der Waals surface area (Å²) >= 11 is 0. The number of allylic oxidation sites excluding steroid dienone is 2. The van der Waals surface area contributed by atoms with E-state index in [2.05, 4.69) is 6.58 Å². The van der Waals surface area contributed by atoms with Crippen LogP contribution in [0.15, 0.2) is 60.7 Å². The van der Waals surface area contributed by atoms with Gasteiger partial charge in [-0.3, -0.25) is 9.59 Å². The molecular formula is C25H24O7. The van der Waals surface area contributed by atoms with E-state index in [1.807, 2.05) is 0 Å². The van der Waals surface area contributed by atoms with Gasteiger partial charge in [0.1, 0.15) is 0 Å². The van der Waals surface area contributed by atoms with Crippen LogP contribution in [0.25, 0.3) is 12.2 Å². The highest BCUT2D eigenvalue weighted by molar-refractivity contribution is 6.10. The first-order valence-electron chi connectivity index (χ1n) is 9.58. The Balaban J connectivity index is 1.99. The molecule has 166 valence electrons. The maximum atomic E-state index is 12.1. The number of aromatic hydroxyl groups is 1. The molecule has 0 heterocycles. The highest BCUT2D eigenvalue weighted by atomic mass is 16.6. The molecule has 0 aliphatic heterocycles. The van der Waals surface area contributed by atoms with E-state index in [9.17, 15) is 19.5 Å². The Hall–Kier alpha value is -4.13. The third kappa shape index (κ3) is 6.98. The van der Waals surface area contributed by atoms with Crippen LogP contribution in [-0.4, -0.2) is 36.9 Å². The van der Waals surface area contributed by atoms with Crippen molar-refractivity contribution in [3.8, 4) is 23.0 Å². The number of phenolic OH excluding ortho intramolecular Hbond substituents is 1. The Morgan fingerprint density at radius 3 is 1.94 bits per heavy atom. The summed E-state index contributed by atoms with van der Waals surface area (Å²) in [7, 11) is 2.86. The van der Waals surface area contributed by atoms with Crippen molar-refractivity contribution in [3.63, 3.8) is 0 Å². The summed E-state index contributed by atoms with van der Waals surface area (Å²) in [6, 6.07) is 9.44. The molecule has 2 aromatic rings. The second-order valence-electron chi connectivity index (χ2n) is 6.79. The molecule has 2 rings (SSSR count). The molecule has 0 radical (unpaired) electrons. The highest BCUT2D eigenvalue weighted by Crippen LogP contribution is 2.29. The zero-order valence-electron chi connectivity index (χ0n) is 18.1. The van der Waals surface area contributed by atoms with Gasteiger partial charge in [0.2, 0.25) is 0 Å². The van der Waals surface area contributed by atoms with E-state index in [0.717, 1.165) is 0 Å². The second kappa shape index (κ2) is 11.3. The van der Waals surface area contributed by atoms with E-state index in [-0.39, 0.29) is 40.8 Å². The van der Waals surface area contributed by atoms with Gasteiger partial charge in [0.05, 0.1) is 20.6 Å². The van der Waals surface area contributed by atoms with Crippen molar-refractivity contribution >= 4 is 29.7 Å². The van der Waals surface area contributed by atoms with Gasteiger partial charge in [0.15, 0.2) is 34.6 Å². The quantitative estimate of drug-likeness (QED) is 0.259. The van der Waals surface area contributed by atoms with Gasteiger partial charge < -0.3 is 19.3 Å². The molecule has 2 aromatic carbocycles. The smallest absolute Gasteiger partial charge is 0.338 e. The second-order valence-corrected chi connectivity index (χ2v) is 6.79. The largest absolute Gasteiger partial charge is 0.504 e. The lowest BCUT2D eigenvalue weighted by molar-refractivity contribution is -0.130. The minimum Gasteiger partial charge on any atom is -0.504 e. The molecule has 0 aliphatic rings. The summed E-state index contributed by atoms with van der Waals surface area (Å²) in [4.78, 5) is 35.9. The van der Waals surface area contributed by atoms with E-state index in [4.69, 9.17) is 14.2 Å². The number of esters is 1.